The number of hydrogen-bond acceptors (Lipinski definition) is 4. The highest BCUT2D eigenvalue weighted by Crippen LogP contribution is 2.24. The van der Waals surface area contributed by atoms with E-state index in [0.717, 1.165) is 23.5 Å². The normalized spacial score (nSPS) is 16.9. The minimum Gasteiger partial charge on any atom is -0.497 e. The molecule has 0 aromatic heterocycles. The molecule has 5 heteroatoms. The summed E-state index contributed by atoms with van der Waals surface area (Å²) in [6, 6.07) is 5.76. The van der Waals surface area contributed by atoms with Crippen LogP contribution in [0.1, 0.15) is 18.4 Å². The van der Waals surface area contributed by atoms with Gasteiger partial charge >= 0.3 is 0 Å². The number of nitrogens with zero attached hydrogens (tertiary/aromatic N) is 1. The molecule has 20 heavy (non-hydrogen) atoms. The Labute approximate surface area is 126 Å². The number of anilines is 1. The van der Waals surface area contributed by atoms with Gasteiger partial charge in [0.05, 0.1) is 7.11 Å². The number of hydrogen-bond donors (Lipinski definition) is 2. The van der Waals surface area contributed by atoms with E-state index < -0.39 is 0 Å². The van der Waals surface area contributed by atoms with Crippen LogP contribution in [-0.4, -0.2) is 43.7 Å². The summed E-state index contributed by atoms with van der Waals surface area (Å²) >= 11 is 5.11. The lowest BCUT2D eigenvalue weighted by Crippen LogP contribution is -2.33. The molecule has 1 saturated heterocycles. The van der Waals surface area contributed by atoms with E-state index in [-0.39, 0.29) is 0 Å². The van der Waals surface area contributed by atoms with Gasteiger partial charge in [0.15, 0.2) is 0 Å². The van der Waals surface area contributed by atoms with Crippen molar-refractivity contribution < 1.29 is 4.74 Å². The van der Waals surface area contributed by atoms with Crippen molar-refractivity contribution >= 4 is 22.9 Å². The molecule has 3 N–H and O–H groups in total. The molecule has 110 valence electrons. The predicted octanol–water partition coefficient (Wildman–Crippen LogP) is 2.08. The molecule has 0 bridgehead atoms. The summed E-state index contributed by atoms with van der Waals surface area (Å²) in [6.45, 7) is 3.30. The van der Waals surface area contributed by atoms with Crippen molar-refractivity contribution in [2.45, 2.75) is 12.8 Å². The lowest BCUT2D eigenvalue weighted by atomic mass is 9.97. The van der Waals surface area contributed by atoms with Crippen molar-refractivity contribution in [3.05, 3.63) is 23.8 Å². The summed E-state index contributed by atoms with van der Waals surface area (Å²) in [5.41, 5.74) is 7.63. The maximum Gasteiger partial charge on any atom is 0.120 e. The molecule has 0 aliphatic carbocycles. The van der Waals surface area contributed by atoms with E-state index in [1.165, 1.54) is 25.9 Å². The molecule has 0 atom stereocenters. The van der Waals surface area contributed by atoms with Crippen LogP contribution in [0.3, 0.4) is 0 Å². The molecule has 0 saturated carbocycles. The summed E-state index contributed by atoms with van der Waals surface area (Å²) in [7, 11) is 3.84. The van der Waals surface area contributed by atoms with Gasteiger partial charge in [-0.1, -0.05) is 12.2 Å². The lowest BCUT2D eigenvalue weighted by molar-refractivity contribution is 0.226. The summed E-state index contributed by atoms with van der Waals surface area (Å²) in [4.78, 5) is 2.79. The Balaban J connectivity index is 2.02. The number of nitrogens with two attached hydrogens (primary N) is 1. The van der Waals surface area contributed by atoms with E-state index in [2.05, 4.69) is 17.3 Å². The van der Waals surface area contributed by atoms with Crippen molar-refractivity contribution in [2.24, 2.45) is 11.7 Å². The number of rotatable bonds is 5. The summed E-state index contributed by atoms with van der Waals surface area (Å²) in [6.07, 6.45) is 2.46. The van der Waals surface area contributed by atoms with E-state index in [1.807, 2.05) is 18.2 Å². The van der Waals surface area contributed by atoms with Crippen molar-refractivity contribution in [1.82, 2.24) is 4.90 Å². The molecular formula is C15H23N3OS. The Kier molecular flexibility index (Phi) is 5.20. The van der Waals surface area contributed by atoms with Gasteiger partial charge in [-0.25, -0.2) is 0 Å². The average molecular weight is 293 g/mol. The van der Waals surface area contributed by atoms with E-state index in [9.17, 15) is 0 Å². The van der Waals surface area contributed by atoms with E-state index >= 15 is 0 Å². The third-order valence-corrected chi connectivity index (χ3v) is 4.13. The van der Waals surface area contributed by atoms with Crippen LogP contribution < -0.4 is 15.8 Å². The number of ether oxygens (including phenoxy) is 1. The maximum atomic E-state index is 5.78. The second kappa shape index (κ2) is 6.90. The van der Waals surface area contributed by atoms with E-state index in [4.69, 9.17) is 22.7 Å². The molecule has 2 rings (SSSR count). The number of benzene rings is 1. The van der Waals surface area contributed by atoms with Gasteiger partial charge in [-0.3, -0.25) is 0 Å². The van der Waals surface area contributed by atoms with Crippen LogP contribution in [0.2, 0.25) is 0 Å². The highest BCUT2D eigenvalue weighted by Gasteiger charge is 2.17. The zero-order valence-electron chi connectivity index (χ0n) is 12.2. The van der Waals surface area contributed by atoms with Crippen LogP contribution in [0, 0.1) is 5.92 Å². The van der Waals surface area contributed by atoms with Crippen molar-refractivity contribution in [2.75, 3.05) is 39.1 Å². The van der Waals surface area contributed by atoms with Gasteiger partial charge in [0.25, 0.3) is 0 Å². The van der Waals surface area contributed by atoms with Gasteiger partial charge < -0.3 is 20.7 Å². The molecule has 0 unspecified atom stereocenters. The second-order valence-corrected chi connectivity index (χ2v) is 5.84. The molecule has 1 fully saturated rings. The van der Waals surface area contributed by atoms with Gasteiger partial charge in [0.2, 0.25) is 0 Å². The topological polar surface area (TPSA) is 50.5 Å². The third-order valence-electron chi connectivity index (χ3n) is 3.91. The number of piperidine rings is 1. The van der Waals surface area contributed by atoms with Crippen LogP contribution in [-0.2, 0) is 0 Å². The predicted molar refractivity (Wildman–Crippen MR) is 87.6 cm³/mol. The minimum absolute atomic E-state index is 0.415. The number of methoxy groups -OCH3 is 1. The molecule has 0 amide bonds. The van der Waals surface area contributed by atoms with Crippen molar-refractivity contribution in [3.8, 4) is 5.75 Å². The summed E-state index contributed by atoms with van der Waals surface area (Å²) in [5, 5.41) is 3.49. The number of nitrogens with one attached hydrogen (secondary N) is 1. The van der Waals surface area contributed by atoms with Crippen LogP contribution >= 0.6 is 12.2 Å². The fraction of sp³-hybridized carbons (Fsp3) is 0.533. The van der Waals surface area contributed by atoms with Gasteiger partial charge in [-0.05, 0) is 51.0 Å². The minimum atomic E-state index is 0.415. The molecule has 4 nitrogen and oxygen atoms in total. The van der Waals surface area contributed by atoms with Crippen LogP contribution in [0.5, 0.6) is 5.75 Å². The fourth-order valence-electron chi connectivity index (χ4n) is 2.53. The highest BCUT2D eigenvalue weighted by atomic mass is 32.1. The van der Waals surface area contributed by atoms with Crippen molar-refractivity contribution in [1.29, 1.82) is 0 Å². The maximum absolute atomic E-state index is 5.78. The van der Waals surface area contributed by atoms with Gasteiger partial charge in [-0.15, -0.1) is 0 Å². The Morgan fingerprint density at radius 2 is 2.15 bits per heavy atom. The summed E-state index contributed by atoms with van der Waals surface area (Å²) in [5.74, 6) is 1.52. The quantitative estimate of drug-likeness (QED) is 0.814. The van der Waals surface area contributed by atoms with Gasteiger partial charge in [0, 0.05) is 23.9 Å². The Hall–Kier alpha value is -1.33. The first-order chi connectivity index (χ1) is 9.60. The molecular weight excluding hydrogens is 270 g/mol. The fourth-order valence-corrected chi connectivity index (χ4v) is 2.71. The van der Waals surface area contributed by atoms with E-state index in [1.54, 1.807) is 7.11 Å². The first-order valence-electron chi connectivity index (χ1n) is 7.00. The third kappa shape index (κ3) is 3.84. The van der Waals surface area contributed by atoms with Crippen LogP contribution in [0.15, 0.2) is 18.2 Å². The monoisotopic (exact) mass is 293 g/mol. The molecule has 1 aromatic rings. The Morgan fingerprint density at radius 3 is 2.75 bits per heavy atom. The molecule has 1 aromatic carbocycles. The van der Waals surface area contributed by atoms with Gasteiger partial charge in [-0.2, -0.15) is 0 Å². The zero-order chi connectivity index (χ0) is 14.5. The molecule has 0 radical (unpaired) electrons. The Morgan fingerprint density at radius 1 is 1.45 bits per heavy atom. The molecule has 1 aliphatic heterocycles. The molecule has 0 spiro atoms. The van der Waals surface area contributed by atoms with Crippen LogP contribution in [0.25, 0.3) is 0 Å². The average Bonchev–Trinajstić information content (AvgIpc) is 2.46. The molecule has 1 heterocycles. The standard InChI is InChI=1S/C15H23N3OS/c1-18-7-5-11(6-8-18)10-17-14-9-12(19-2)3-4-13(14)15(16)20/h3-4,9,11,17H,5-8,10H2,1-2H3,(H2,16,20). The Bertz CT molecular complexity index is 470. The van der Waals surface area contributed by atoms with Crippen molar-refractivity contribution in [3.63, 3.8) is 0 Å². The van der Waals surface area contributed by atoms with Gasteiger partial charge in [0.1, 0.15) is 10.7 Å². The number of thiocarbonyl (C=S) groups is 1. The first kappa shape index (κ1) is 15.1. The highest BCUT2D eigenvalue weighted by molar-refractivity contribution is 7.80. The van der Waals surface area contributed by atoms with Crippen LogP contribution in [0.4, 0.5) is 5.69 Å². The first-order valence-corrected chi connectivity index (χ1v) is 7.41. The lowest BCUT2D eigenvalue weighted by Gasteiger charge is -2.29. The largest absolute Gasteiger partial charge is 0.497 e. The SMILES string of the molecule is COc1ccc(C(N)=S)c(NCC2CCN(C)CC2)c1. The molecule has 1 aliphatic rings. The van der Waals surface area contributed by atoms with E-state index in [0.29, 0.717) is 10.9 Å². The number of likely N-dealkylation sites (tertiary alicyclic amines) is 1. The smallest absolute Gasteiger partial charge is 0.120 e. The second-order valence-electron chi connectivity index (χ2n) is 5.40. The summed E-state index contributed by atoms with van der Waals surface area (Å²) < 4.78 is 5.26. The zero-order valence-corrected chi connectivity index (χ0v) is 13.0.